The SMILES string of the molecule is C[C@@H](CC(=O)[C@H]1CCN1c1nc2c(=O)n(C3CCOCC3)c(C(F)(F)F)nc2s1)c1ccccc1. The third kappa shape index (κ3) is 4.58. The molecular weight excluding hydrogens is 481 g/mol. The van der Waals surface area contributed by atoms with Crippen LogP contribution in [0.15, 0.2) is 35.1 Å². The van der Waals surface area contributed by atoms with Crippen molar-refractivity contribution in [3.8, 4) is 0 Å². The summed E-state index contributed by atoms with van der Waals surface area (Å²) in [6.45, 7) is 3.12. The molecule has 0 spiro atoms. The maximum absolute atomic E-state index is 13.9. The molecule has 2 aliphatic rings. The van der Waals surface area contributed by atoms with Crippen LogP contribution in [0.3, 0.4) is 0 Å². The Kier molecular flexibility index (Phi) is 6.39. The summed E-state index contributed by atoms with van der Waals surface area (Å²) >= 11 is 0.931. The van der Waals surface area contributed by atoms with Crippen molar-refractivity contribution in [2.75, 3.05) is 24.7 Å². The molecule has 7 nitrogen and oxygen atoms in total. The fraction of sp³-hybridized carbons (Fsp3) is 0.500. The summed E-state index contributed by atoms with van der Waals surface area (Å²) in [5, 5.41) is 0.361. The molecule has 2 aromatic heterocycles. The molecule has 0 amide bonds. The molecule has 0 saturated carbocycles. The van der Waals surface area contributed by atoms with E-state index in [2.05, 4.69) is 9.97 Å². The highest BCUT2D eigenvalue weighted by molar-refractivity contribution is 7.21. The molecule has 1 aromatic carbocycles. The Morgan fingerprint density at radius 3 is 2.51 bits per heavy atom. The van der Waals surface area contributed by atoms with E-state index in [0.717, 1.165) is 21.5 Å². The van der Waals surface area contributed by atoms with Gasteiger partial charge in [0.1, 0.15) is 0 Å². The van der Waals surface area contributed by atoms with Crippen molar-refractivity contribution >= 4 is 32.6 Å². The van der Waals surface area contributed by atoms with Crippen LogP contribution >= 0.6 is 11.3 Å². The van der Waals surface area contributed by atoms with Gasteiger partial charge in [-0.3, -0.25) is 14.2 Å². The van der Waals surface area contributed by atoms with Gasteiger partial charge in [0.25, 0.3) is 5.56 Å². The van der Waals surface area contributed by atoms with E-state index in [1.54, 1.807) is 4.90 Å². The van der Waals surface area contributed by atoms with Gasteiger partial charge in [0, 0.05) is 32.2 Å². The lowest BCUT2D eigenvalue weighted by Gasteiger charge is -2.40. The second-order valence-electron chi connectivity index (χ2n) is 9.08. The third-order valence-corrected chi connectivity index (χ3v) is 7.76. The van der Waals surface area contributed by atoms with Crippen molar-refractivity contribution < 1.29 is 22.7 Å². The molecule has 0 aliphatic carbocycles. The number of carbonyl (C=O) groups excluding carboxylic acids is 1. The van der Waals surface area contributed by atoms with Crippen LogP contribution in [0.5, 0.6) is 0 Å². The fourth-order valence-corrected chi connectivity index (χ4v) is 5.78. The summed E-state index contributed by atoms with van der Waals surface area (Å²) in [6, 6.07) is 8.71. The first kappa shape index (κ1) is 23.9. The molecule has 0 unspecified atom stereocenters. The zero-order valence-corrected chi connectivity index (χ0v) is 19.9. The lowest BCUT2D eigenvalue weighted by molar-refractivity contribution is -0.149. The number of ketones is 1. The number of aromatic nitrogens is 3. The Morgan fingerprint density at radius 1 is 1.17 bits per heavy atom. The number of rotatable bonds is 6. The smallest absolute Gasteiger partial charge is 0.381 e. The van der Waals surface area contributed by atoms with E-state index in [9.17, 15) is 22.8 Å². The highest BCUT2D eigenvalue weighted by Gasteiger charge is 2.41. The average molecular weight is 507 g/mol. The first-order valence-corrected chi connectivity index (χ1v) is 12.5. The van der Waals surface area contributed by atoms with E-state index < -0.39 is 29.6 Å². The van der Waals surface area contributed by atoms with Crippen molar-refractivity contribution in [2.24, 2.45) is 0 Å². The molecule has 2 atom stereocenters. The summed E-state index contributed by atoms with van der Waals surface area (Å²) in [5.74, 6) is -1.11. The summed E-state index contributed by atoms with van der Waals surface area (Å²) in [5.41, 5.74) is 0.197. The lowest BCUT2D eigenvalue weighted by Crippen LogP contribution is -2.52. The molecular formula is C24H25F3N4O3S. The number of Topliss-reactive ketones (excluding diaryl/α,β-unsaturated/α-hetero) is 1. The Morgan fingerprint density at radius 2 is 1.89 bits per heavy atom. The molecule has 2 saturated heterocycles. The van der Waals surface area contributed by atoms with E-state index in [0.29, 0.717) is 37.4 Å². The summed E-state index contributed by atoms with van der Waals surface area (Å²) in [6.07, 6.45) is -3.18. The fourth-order valence-electron chi connectivity index (χ4n) is 4.77. The maximum atomic E-state index is 13.9. The Balaban J connectivity index is 1.44. The molecule has 35 heavy (non-hydrogen) atoms. The predicted octanol–water partition coefficient (Wildman–Crippen LogP) is 4.56. The number of nitrogens with zero attached hydrogens (tertiary/aromatic N) is 4. The van der Waals surface area contributed by atoms with Crippen molar-refractivity contribution in [1.29, 1.82) is 0 Å². The molecule has 11 heteroatoms. The van der Waals surface area contributed by atoms with Crippen molar-refractivity contribution in [2.45, 2.75) is 56.8 Å². The largest absolute Gasteiger partial charge is 0.449 e. The Bertz CT molecular complexity index is 1280. The third-order valence-electron chi connectivity index (χ3n) is 6.78. The number of carbonyl (C=O) groups is 1. The molecule has 2 fully saturated rings. The standard InChI is InChI=1S/C24H25F3N4O3S/c1-14(15-5-3-2-4-6-15)13-18(32)17-7-10-30(17)23-28-19-20(35-23)29-22(24(25,26)27)31(21(19)33)16-8-11-34-12-9-16/h2-6,14,16-17H,7-13H2,1H3/t14-,17+/m0/s1. The van der Waals surface area contributed by atoms with Gasteiger partial charge < -0.3 is 9.64 Å². The van der Waals surface area contributed by atoms with Gasteiger partial charge in [0.15, 0.2) is 21.3 Å². The molecule has 0 radical (unpaired) electrons. The zero-order chi connectivity index (χ0) is 24.7. The van der Waals surface area contributed by atoms with Crippen molar-refractivity contribution in [3.63, 3.8) is 0 Å². The number of hydrogen-bond acceptors (Lipinski definition) is 7. The molecule has 2 aliphatic heterocycles. The molecule has 3 aromatic rings. The van der Waals surface area contributed by atoms with Crippen LogP contribution < -0.4 is 10.5 Å². The van der Waals surface area contributed by atoms with Crippen LogP contribution in [-0.2, 0) is 15.7 Å². The average Bonchev–Trinajstić information content (AvgIpc) is 3.22. The normalized spacial score (nSPS) is 20.1. The van der Waals surface area contributed by atoms with Gasteiger partial charge in [0.05, 0.1) is 6.04 Å². The number of benzene rings is 1. The number of fused-ring (bicyclic) bond motifs is 1. The highest BCUT2D eigenvalue weighted by Crippen LogP contribution is 2.37. The first-order chi connectivity index (χ1) is 16.7. The Hall–Kier alpha value is -2.79. The van der Waals surface area contributed by atoms with Gasteiger partial charge in [0.2, 0.25) is 5.82 Å². The van der Waals surface area contributed by atoms with Gasteiger partial charge in [-0.2, -0.15) is 13.2 Å². The number of anilines is 1. The molecule has 5 rings (SSSR count). The second-order valence-corrected chi connectivity index (χ2v) is 10.0. The molecule has 0 bridgehead atoms. The number of ether oxygens (including phenoxy) is 1. The number of hydrogen-bond donors (Lipinski definition) is 0. The quantitative estimate of drug-likeness (QED) is 0.488. The summed E-state index contributed by atoms with van der Waals surface area (Å²) < 4.78 is 47.6. The van der Waals surface area contributed by atoms with Gasteiger partial charge >= 0.3 is 6.18 Å². The number of alkyl halides is 3. The van der Waals surface area contributed by atoms with Gasteiger partial charge in [-0.25, -0.2) is 9.97 Å². The van der Waals surface area contributed by atoms with Crippen LogP contribution in [-0.4, -0.2) is 46.1 Å². The predicted molar refractivity (Wildman–Crippen MR) is 126 cm³/mol. The highest BCUT2D eigenvalue weighted by atomic mass is 32.1. The minimum absolute atomic E-state index is 0.0456. The van der Waals surface area contributed by atoms with Crippen LogP contribution in [0.2, 0.25) is 0 Å². The van der Waals surface area contributed by atoms with E-state index >= 15 is 0 Å². The molecule has 186 valence electrons. The summed E-state index contributed by atoms with van der Waals surface area (Å²) in [7, 11) is 0. The molecule has 0 N–H and O–H groups in total. The first-order valence-electron chi connectivity index (χ1n) is 11.7. The van der Waals surface area contributed by atoms with Crippen LogP contribution in [0.4, 0.5) is 18.3 Å². The second kappa shape index (κ2) is 9.34. The maximum Gasteiger partial charge on any atom is 0.449 e. The van der Waals surface area contributed by atoms with Gasteiger partial charge in [-0.1, -0.05) is 48.6 Å². The zero-order valence-electron chi connectivity index (χ0n) is 19.1. The van der Waals surface area contributed by atoms with Crippen molar-refractivity contribution in [1.82, 2.24) is 14.5 Å². The number of halogens is 3. The Labute approximate surface area is 203 Å². The topological polar surface area (TPSA) is 77.3 Å². The minimum Gasteiger partial charge on any atom is -0.381 e. The van der Waals surface area contributed by atoms with Gasteiger partial charge in [-0.15, -0.1) is 0 Å². The van der Waals surface area contributed by atoms with E-state index in [-0.39, 0.29) is 35.3 Å². The summed E-state index contributed by atoms with van der Waals surface area (Å²) in [4.78, 5) is 36.2. The minimum atomic E-state index is -4.78. The van der Waals surface area contributed by atoms with E-state index in [1.807, 2.05) is 37.3 Å². The molecule has 4 heterocycles. The monoisotopic (exact) mass is 506 g/mol. The van der Waals surface area contributed by atoms with Gasteiger partial charge in [-0.05, 0) is 30.7 Å². The van der Waals surface area contributed by atoms with Crippen LogP contribution in [0, 0.1) is 0 Å². The van der Waals surface area contributed by atoms with E-state index in [1.165, 1.54) is 0 Å². The lowest BCUT2D eigenvalue weighted by atomic mass is 9.89. The van der Waals surface area contributed by atoms with E-state index in [4.69, 9.17) is 4.74 Å². The van der Waals surface area contributed by atoms with Crippen LogP contribution in [0.25, 0.3) is 10.3 Å². The van der Waals surface area contributed by atoms with Crippen molar-refractivity contribution in [3.05, 3.63) is 52.1 Å². The van der Waals surface area contributed by atoms with Crippen LogP contribution in [0.1, 0.15) is 56.0 Å². The number of thiazole rings is 1.